The monoisotopic (exact) mass is 238 g/mol. The first kappa shape index (κ1) is 12.5. The molecule has 17 heavy (non-hydrogen) atoms. The topological polar surface area (TPSA) is 54.2 Å². The second kappa shape index (κ2) is 6.12. The molecule has 1 aromatic heterocycles. The molecule has 1 N–H and O–H groups in total. The van der Waals surface area contributed by atoms with E-state index in [9.17, 15) is 0 Å². The molecule has 0 aromatic carbocycles. The Morgan fingerprint density at radius 2 is 2.18 bits per heavy atom. The van der Waals surface area contributed by atoms with Crippen LogP contribution in [0.15, 0.2) is 4.52 Å². The van der Waals surface area contributed by atoms with E-state index in [4.69, 9.17) is 4.52 Å². The van der Waals surface area contributed by atoms with Crippen molar-refractivity contribution in [1.29, 1.82) is 0 Å². The lowest BCUT2D eigenvalue weighted by Crippen LogP contribution is -2.36. The van der Waals surface area contributed by atoms with Crippen LogP contribution in [0.5, 0.6) is 0 Å². The molecular weight excluding hydrogens is 216 g/mol. The third-order valence-electron chi connectivity index (χ3n) is 3.32. The van der Waals surface area contributed by atoms with Crippen LogP contribution in [0.25, 0.3) is 0 Å². The van der Waals surface area contributed by atoms with Gasteiger partial charge in [0.2, 0.25) is 5.89 Å². The largest absolute Gasteiger partial charge is 0.338 e. The molecule has 0 atom stereocenters. The smallest absolute Gasteiger partial charge is 0.240 e. The molecule has 1 aliphatic rings. The molecule has 0 amide bonds. The molecular formula is C12H22N4O. The molecule has 2 heterocycles. The molecule has 0 bridgehead atoms. The average Bonchev–Trinajstić information content (AvgIpc) is 2.74. The third kappa shape index (κ3) is 3.78. The highest BCUT2D eigenvalue weighted by molar-refractivity contribution is 4.84. The number of aryl methyl sites for hydroxylation is 1. The summed E-state index contributed by atoms with van der Waals surface area (Å²) >= 11 is 0. The zero-order valence-electron chi connectivity index (χ0n) is 10.8. The van der Waals surface area contributed by atoms with Gasteiger partial charge in [0.1, 0.15) is 0 Å². The molecule has 5 heteroatoms. The molecule has 2 rings (SSSR count). The number of aromatic nitrogens is 2. The summed E-state index contributed by atoms with van der Waals surface area (Å²) in [5.41, 5.74) is 0. The first-order chi connectivity index (χ1) is 8.28. The molecule has 1 aliphatic heterocycles. The summed E-state index contributed by atoms with van der Waals surface area (Å²) in [5.74, 6) is 2.30. The van der Waals surface area contributed by atoms with Crippen LogP contribution in [0.3, 0.4) is 0 Å². The van der Waals surface area contributed by atoms with E-state index < -0.39 is 0 Å². The Morgan fingerprint density at radius 1 is 1.41 bits per heavy atom. The molecule has 5 nitrogen and oxygen atoms in total. The van der Waals surface area contributed by atoms with E-state index >= 15 is 0 Å². The van der Waals surface area contributed by atoms with Gasteiger partial charge in [-0.1, -0.05) is 12.1 Å². The quantitative estimate of drug-likeness (QED) is 0.835. The summed E-state index contributed by atoms with van der Waals surface area (Å²) in [6, 6.07) is 0. The lowest BCUT2D eigenvalue weighted by atomic mass is 9.97. The van der Waals surface area contributed by atoms with Gasteiger partial charge in [0, 0.05) is 0 Å². The van der Waals surface area contributed by atoms with Crippen molar-refractivity contribution in [2.45, 2.75) is 33.2 Å². The van der Waals surface area contributed by atoms with Gasteiger partial charge in [0.15, 0.2) is 5.82 Å². The van der Waals surface area contributed by atoms with Gasteiger partial charge in [-0.2, -0.15) is 4.98 Å². The first-order valence-corrected chi connectivity index (χ1v) is 6.50. The summed E-state index contributed by atoms with van der Waals surface area (Å²) in [4.78, 5) is 6.64. The van der Waals surface area contributed by atoms with Gasteiger partial charge in [0.05, 0.1) is 6.54 Å². The minimum absolute atomic E-state index is 0.724. The van der Waals surface area contributed by atoms with Crippen LogP contribution in [0, 0.1) is 12.8 Å². The number of piperidine rings is 1. The van der Waals surface area contributed by atoms with Crippen LogP contribution in [0.4, 0.5) is 0 Å². The van der Waals surface area contributed by atoms with Crippen molar-refractivity contribution in [2.75, 3.05) is 26.2 Å². The Morgan fingerprint density at radius 3 is 2.76 bits per heavy atom. The van der Waals surface area contributed by atoms with E-state index in [0.717, 1.165) is 50.4 Å². The maximum absolute atomic E-state index is 5.14. The second-order valence-electron chi connectivity index (χ2n) is 4.76. The highest BCUT2D eigenvalue weighted by Crippen LogP contribution is 2.17. The fourth-order valence-electron chi connectivity index (χ4n) is 2.29. The summed E-state index contributed by atoms with van der Waals surface area (Å²) in [5, 5.41) is 7.24. The second-order valence-corrected chi connectivity index (χ2v) is 4.76. The minimum Gasteiger partial charge on any atom is -0.338 e. The van der Waals surface area contributed by atoms with Crippen LogP contribution in [-0.4, -0.2) is 41.2 Å². The molecule has 1 saturated heterocycles. The van der Waals surface area contributed by atoms with Crippen molar-refractivity contribution in [3.63, 3.8) is 0 Å². The van der Waals surface area contributed by atoms with Crippen molar-refractivity contribution in [3.05, 3.63) is 11.7 Å². The van der Waals surface area contributed by atoms with Gasteiger partial charge in [-0.15, -0.1) is 0 Å². The molecule has 1 aromatic rings. The molecule has 0 unspecified atom stereocenters. The highest BCUT2D eigenvalue weighted by atomic mass is 16.5. The molecule has 0 spiro atoms. The zero-order valence-corrected chi connectivity index (χ0v) is 10.8. The summed E-state index contributed by atoms with van der Waals surface area (Å²) in [7, 11) is 0. The van der Waals surface area contributed by atoms with Crippen molar-refractivity contribution >= 4 is 0 Å². The number of nitrogens with zero attached hydrogens (tertiary/aromatic N) is 3. The van der Waals surface area contributed by atoms with E-state index in [0.29, 0.717) is 0 Å². The number of hydrogen-bond donors (Lipinski definition) is 1. The van der Waals surface area contributed by atoms with Crippen LogP contribution < -0.4 is 5.32 Å². The van der Waals surface area contributed by atoms with Crippen LogP contribution in [0.1, 0.15) is 31.5 Å². The molecule has 0 radical (unpaired) electrons. The fourth-order valence-corrected chi connectivity index (χ4v) is 2.29. The molecule has 1 fully saturated rings. The van der Waals surface area contributed by atoms with E-state index in [-0.39, 0.29) is 0 Å². The van der Waals surface area contributed by atoms with Crippen molar-refractivity contribution in [1.82, 2.24) is 20.4 Å². The molecule has 96 valence electrons. The lowest BCUT2D eigenvalue weighted by Gasteiger charge is -2.30. The van der Waals surface area contributed by atoms with Gasteiger partial charge in [-0.3, -0.25) is 4.90 Å². The Balaban J connectivity index is 1.72. The van der Waals surface area contributed by atoms with Gasteiger partial charge in [-0.25, -0.2) is 0 Å². The maximum Gasteiger partial charge on any atom is 0.240 e. The standard InChI is InChI=1S/C12H22N4O/c1-3-13-8-11-4-6-16(7-5-11)9-12-14-10(2)15-17-12/h11,13H,3-9H2,1-2H3. The number of rotatable bonds is 5. The molecule has 0 aliphatic carbocycles. The number of likely N-dealkylation sites (tertiary alicyclic amines) is 1. The summed E-state index contributed by atoms with van der Waals surface area (Å²) in [6.07, 6.45) is 2.53. The predicted octanol–water partition coefficient (Wildman–Crippen LogP) is 1.20. The van der Waals surface area contributed by atoms with E-state index in [1.807, 2.05) is 6.92 Å². The Labute approximate surface area is 103 Å². The van der Waals surface area contributed by atoms with Crippen LogP contribution in [-0.2, 0) is 6.54 Å². The van der Waals surface area contributed by atoms with Crippen LogP contribution in [0.2, 0.25) is 0 Å². The average molecular weight is 238 g/mol. The zero-order chi connectivity index (χ0) is 12.1. The molecule has 0 saturated carbocycles. The number of hydrogen-bond acceptors (Lipinski definition) is 5. The van der Waals surface area contributed by atoms with Crippen molar-refractivity contribution in [3.8, 4) is 0 Å². The summed E-state index contributed by atoms with van der Waals surface area (Å²) < 4.78 is 5.14. The number of nitrogens with one attached hydrogen (secondary N) is 1. The van der Waals surface area contributed by atoms with Crippen molar-refractivity contribution in [2.24, 2.45) is 5.92 Å². The fraction of sp³-hybridized carbons (Fsp3) is 0.833. The Bertz CT molecular complexity index is 331. The van der Waals surface area contributed by atoms with E-state index in [1.165, 1.54) is 12.8 Å². The van der Waals surface area contributed by atoms with Gasteiger partial charge < -0.3 is 9.84 Å². The predicted molar refractivity (Wildman–Crippen MR) is 65.6 cm³/mol. The SMILES string of the molecule is CCNCC1CCN(Cc2nc(C)no2)CC1. The third-order valence-corrected chi connectivity index (χ3v) is 3.32. The maximum atomic E-state index is 5.14. The summed E-state index contributed by atoms with van der Waals surface area (Å²) in [6.45, 7) is 9.32. The van der Waals surface area contributed by atoms with Gasteiger partial charge in [0.25, 0.3) is 0 Å². The highest BCUT2D eigenvalue weighted by Gasteiger charge is 2.20. The minimum atomic E-state index is 0.724. The van der Waals surface area contributed by atoms with Gasteiger partial charge in [-0.05, 0) is 51.9 Å². The van der Waals surface area contributed by atoms with Crippen molar-refractivity contribution < 1.29 is 4.52 Å². The van der Waals surface area contributed by atoms with E-state index in [1.54, 1.807) is 0 Å². The Kier molecular flexibility index (Phi) is 4.50. The Hall–Kier alpha value is -0.940. The lowest BCUT2D eigenvalue weighted by molar-refractivity contribution is 0.158. The van der Waals surface area contributed by atoms with Crippen LogP contribution >= 0.6 is 0 Å². The first-order valence-electron chi connectivity index (χ1n) is 6.50. The van der Waals surface area contributed by atoms with E-state index in [2.05, 4.69) is 27.3 Å². The van der Waals surface area contributed by atoms with Gasteiger partial charge >= 0.3 is 0 Å². The normalized spacial score (nSPS) is 18.7.